The summed E-state index contributed by atoms with van der Waals surface area (Å²) in [5, 5.41) is 3.39. The summed E-state index contributed by atoms with van der Waals surface area (Å²) in [6.45, 7) is 4.07. The van der Waals surface area contributed by atoms with Crippen LogP contribution < -0.4 is 15.8 Å². The molecule has 3 rings (SSSR count). The number of hydrogen-bond acceptors (Lipinski definition) is 4. The molecule has 4 nitrogen and oxygen atoms in total. The predicted octanol–water partition coefficient (Wildman–Crippen LogP) is 2.21. The molecule has 2 atom stereocenters. The number of nitrogens with two attached hydrogens (primary N) is 1. The molecule has 3 N–H and O–H groups in total. The van der Waals surface area contributed by atoms with E-state index in [2.05, 4.69) is 18.3 Å². The van der Waals surface area contributed by atoms with Gasteiger partial charge >= 0.3 is 0 Å². The first-order valence-electron chi connectivity index (χ1n) is 7.49. The third-order valence-corrected chi connectivity index (χ3v) is 4.35. The van der Waals surface area contributed by atoms with E-state index in [4.69, 9.17) is 15.2 Å². The number of anilines is 1. The Labute approximate surface area is 120 Å². The van der Waals surface area contributed by atoms with Gasteiger partial charge in [-0.15, -0.1) is 0 Å². The fraction of sp³-hybridized carbons (Fsp3) is 0.625. The van der Waals surface area contributed by atoms with Crippen molar-refractivity contribution in [2.75, 3.05) is 25.9 Å². The van der Waals surface area contributed by atoms with Crippen LogP contribution in [0.5, 0.6) is 5.75 Å². The van der Waals surface area contributed by atoms with E-state index in [9.17, 15) is 0 Å². The Balaban J connectivity index is 1.90. The van der Waals surface area contributed by atoms with E-state index in [-0.39, 0.29) is 6.10 Å². The second kappa shape index (κ2) is 5.62. The van der Waals surface area contributed by atoms with E-state index < -0.39 is 0 Å². The minimum absolute atomic E-state index is 0.222. The van der Waals surface area contributed by atoms with Crippen molar-refractivity contribution in [3.05, 3.63) is 23.3 Å². The lowest BCUT2D eigenvalue weighted by Gasteiger charge is -2.32. The summed E-state index contributed by atoms with van der Waals surface area (Å²) >= 11 is 0. The highest BCUT2D eigenvalue weighted by Gasteiger charge is 2.29. The van der Waals surface area contributed by atoms with E-state index in [1.165, 1.54) is 11.1 Å². The van der Waals surface area contributed by atoms with Crippen LogP contribution in [0.25, 0.3) is 0 Å². The molecule has 1 heterocycles. The van der Waals surface area contributed by atoms with Gasteiger partial charge in [0.2, 0.25) is 0 Å². The van der Waals surface area contributed by atoms with Crippen molar-refractivity contribution in [3.63, 3.8) is 0 Å². The van der Waals surface area contributed by atoms with Crippen LogP contribution in [0.2, 0.25) is 0 Å². The van der Waals surface area contributed by atoms with Gasteiger partial charge in [-0.1, -0.05) is 0 Å². The van der Waals surface area contributed by atoms with Gasteiger partial charge in [0.05, 0.1) is 17.9 Å². The van der Waals surface area contributed by atoms with E-state index in [1.54, 1.807) is 7.11 Å². The van der Waals surface area contributed by atoms with E-state index >= 15 is 0 Å². The molecule has 1 saturated heterocycles. The van der Waals surface area contributed by atoms with Gasteiger partial charge in [0.15, 0.2) is 0 Å². The maximum absolute atomic E-state index is 6.09. The topological polar surface area (TPSA) is 56.5 Å². The molecule has 1 saturated carbocycles. The molecule has 110 valence electrons. The molecule has 1 aromatic carbocycles. The summed E-state index contributed by atoms with van der Waals surface area (Å²) in [7, 11) is 1.79. The minimum Gasteiger partial charge on any atom is -0.488 e. The van der Waals surface area contributed by atoms with Crippen molar-refractivity contribution >= 4 is 5.69 Å². The average Bonchev–Trinajstić information content (AvgIpc) is 3.26. The zero-order valence-corrected chi connectivity index (χ0v) is 12.3. The smallest absolute Gasteiger partial charge is 0.142 e. The Hall–Kier alpha value is -1.26. The van der Waals surface area contributed by atoms with Gasteiger partial charge in [0.25, 0.3) is 0 Å². The molecule has 1 aliphatic heterocycles. The fourth-order valence-electron chi connectivity index (χ4n) is 3.03. The Morgan fingerprint density at radius 1 is 1.25 bits per heavy atom. The molecule has 1 aromatic rings. The number of rotatable bonds is 4. The summed E-state index contributed by atoms with van der Waals surface area (Å²) in [5.41, 5.74) is 9.40. The van der Waals surface area contributed by atoms with Crippen LogP contribution in [0.4, 0.5) is 5.69 Å². The normalized spacial score (nSPS) is 26.5. The molecule has 0 aromatic heterocycles. The monoisotopic (exact) mass is 276 g/mol. The molecule has 2 unspecified atom stereocenters. The molecule has 20 heavy (non-hydrogen) atoms. The van der Waals surface area contributed by atoms with Crippen molar-refractivity contribution < 1.29 is 9.47 Å². The summed E-state index contributed by atoms with van der Waals surface area (Å²) in [6, 6.07) is 4.19. The molecule has 0 bridgehead atoms. The maximum atomic E-state index is 6.09. The molecule has 0 radical (unpaired) electrons. The second-order valence-electron chi connectivity index (χ2n) is 5.94. The first kappa shape index (κ1) is 13.7. The van der Waals surface area contributed by atoms with Gasteiger partial charge in [-0.3, -0.25) is 0 Å². The summed E-state index contributed by atoms with van der Waals surface area (Å²) in [6.07, 6.45) is 3.98. The van der Waals surface area contributed by atoms with Gasteiger partial charge < -0.3 is 20.5 Å². The SMILES string of the molecule is COC1CNCCC1c1cc(OC2CC2)c(N)cc1C. The average molecular weight is 276 g/mol. The first-order chi connectivity index (χ1) is 9.69. The summed E-state index contributed by atoms with van der Waals surface area (Å²) in [4.78, 5) is 0. The zero-order valence-electron chi connectivity index (χ0n) is 12.3. The minimum atomic E-state index is 0.222. The number of methoxy groups -OCH3 is 1. The van der Waals surface area contributed by atoms with Gasteiger partial charge in [0.1, 0.15) is 5.75 Å². The van der Waals surface area contributed by atoms with Crippen LogP contribution in [0.15, 0.2) is 12.1 Å². The standard InChI is InChI=1S/C16H24N2O2/c1-10-7-14(17)15(20-11-3-4-11)8-13(10)12-5-6-18-9-16(12)19-2/h7-8,11-12,16,18H,3-6,9,17H2,1-2H3. The van der Waals surface area contributed by atoms with Crippen LogP contribution in [0.3, 0.4) is 0 Å². The Bertz CT molecular complexity index is 486. The van der Waals surface area contributed by atoms with Gasteiger partial charge in [-0.25, -0.2) is 0 Å². The summed E-state index contributed by atoms with van der Waals surface area (Å²) in [5.74, 6) is 1.27. The van der Waals surface area contributed by atoms with Crippen LogP contribution in [-0.4, -0.2) is 32.4 Å². The molecule has 2 aliphatic rings. The van der Waals surface area contributed by atoms with E-state index in [0.717, 1.165) is 43.8 Å². The highest BCUT2D eigenvalue weighted by molar-refractivity contribution is 5.57. The largest absolute Gasteiger partial charge is 0.488 e. The van der Waals surface area contributed by atoms with Crippen LogP contribution in [-0.2, 0) is 4.74 Å². The van der Waals surface area contributed by atoms with Crippen LogP contribution >= 0.6 is 0 Å². The predicted molar refractivity (Wildman–Crippen MR) is 80.3 cm³/mol. The number of hydrogen-bond donors (Lipinski definition) is 2. The zero-order chi connectivity index (χ0) is 14.1. The van der Waals surface area contributed by atoms with E-state index in [0.29, 0.717) is 12.0 Å². The molecule has 2 fully saturated rings. The number of aryl methyl sites for hydroxylation is 1. The highest BCUT2D eigenvalue weighted by Crippen LogP contribution is 2.37. The Morgan fingerprint density at radius 3 is 2.75 bits per heavy atom. The Kier molecular flexibility index (Phi) is 3.85. The number of benzene rings is 1. The lowest BCUT2D eigenvalue weighted by atomic mass is 9.85. The lowest BCUT2D eigenvalue weighted by Crippen LogP contribution is -2.40. The maximum Gasteiger partial charge on any atom is 0.142 e. The third-order valence-electron chi connectivity index (χ3n) is 4.35. The molecular weight excluding hydrogens is 252 g/mol. The fourth-order valence-corrected chi connectivity index (χ4v) is 3.03. The second-order valence-corrected chi connectivity index (χ2v) is 5.94. The van der Waals surface area contributed by atoms with Crippen LogP contribution in [0.1, 0.15) is 36.3 Å². The number of ether oxygens (including phenoxy) is 2. The lowest BCUT2D eigenvalue weighted by molar-refractivity contribution is 0.0622. The molecule has 0 amide bonds. The highest BCUT2D eigenvalue weighted by atomic mass is 16.5. The van der Waals surface area contributed by atoms with Crippen molar-refractivity contribution in [1.29, 1.82) is 0 Å². The van der Waals surface area contributed by atoms with Crippen molar-refractivity contribution in [3.8, 4) is 5.75 Å². The molecular formula is C16H24N2O2. The van der Waals surface area contributed by atoms with E-state index in [1.807, 2.05) is 6.07 Å². The van der Waals surface area contributed by atoms with Gasteiger partial charge in [-0.05, 0) is 56.0 Å². The first-order valence-corrected chi connectivity index (χ1v) is 7.49. The molecule has 1 aliphatic carbocycles. The number of nitrogens with one attached hydrogen (secondary N) is 1. The number of nitrogen functional groups attached to an aromatic ring is 1. The molecule has 4 heteroatoms. The Morgan fingerprint density at radius 2 is 2.05 bits per heavy atom. The molecule has 0 spiro atoms. The van der Waals surface area contributed by atoms with Crippen molar-refractivity contribution in [2.24, 2.45) is 0 Å². The summed E-state index contributed by atoms with van der Waals surface area (Å²) < 4.78 is 11.6. The quantitative estimate of drug-likeness (QED) is 0.828. The van der Waals surface area contributed by atoms with Gasteiger partial charge in [0, 0.05) is 19.6 Å². The third kappa shape index (κ3) is 2.76. The number of piperidine rings is 1. The van der Waals surface area contributed by atoms with Gasteiger partial charge in [-0.2, -0.15) is 0 Å². The van der Waals surface area contributed by atoms with Crippen molar-refractivity contribution in [2.45, 2.75) is 44.3 Å². The van der Waals surface area contributed by atoms with Crippen molar-refractivity contribution in [1.82, 2.24) is 5.32 Å². The van der Waals surface area contributed by atoms with Crippen LogP contribution in [0, 0.1) is 6.92 Å².